The number of fused-ring (bicyclic) bond motifs is 9. The molecule has 0 saturated heterocycles. The Hall–Kier alpha value is -6.78. The van der Waals surface area contributed by atoms with Crippen molar-refractivity contribution in [2.75, 3.05) is 0 Å². The largest absolute Gasteiger partial charge is 0.309 e. The molecule has 11 aromatic rings. The monoisotopic (exact) mass is 636 g/mol. The third kappa shape index (κ3) is 3.87. The average molecular weight is 637 g/mol. The van der Waals surface area contributed by atoms with Crippen LogP contribution in [0.2, 0.25) is 0 Å². The van der Waals surface area contributed by atoms with Gasteiger partial charge in [0.2, 0.25) is 0 Å². The maximum atomic E-state index is 5.41. The van der Waals surface area contributed by atoms with E-state index in [1.807, 2.05) is 24.3 Å². The van der Waals surface area contributed by atoms with E-state index in [1.165, 1.54) is 48.6 Å². The van der Waals surface area contributed by atoms with Gasteiger partial charge in [0.1, 0.15) is 5.69 Å². The summed E-state index contributed by atoms with van der Waals surface area (Å²) < 4.78 is 4.79. The molecule has 0 atom stereocenters. The molecule has 0 aliphatic rings. The minimum Gasteiger partial charge on any atom is -0.309 e. The number of hydrogen-bond acceptors (Lipinski definition) is 2. The molecular formula is C46H28N4. The highest BCUT2D eigenvalue weighted by Gasteiger charge is 2.23. The van der Waals surface area contributed by atoms with E-state index in [1.54, 1.807) is 0 Å². The number of aromatic nitrogens is 4. The highest BCUT2D eigenvalue weighted by atomic mass is 15.1. The van der Waals surface area contributed by atoms with Crippen LogP contribution < -0.4 is 0 Å². The molecule has 4 nitrogen and oxygen atoms in total. The summed E-state index contributed by atoms with van der Waals surface area (Å²) in [5.74, 6) is 0.817. The fraction of sp³-hybridized carbons (Fsp3) is 0. The van der Waals surface area contributed by atoms with Gasteiger partial charge in [-0.3, -0.25) is 4.57 Å². The van der Waals surface area contributed by atoms with Crippen molar-refractivity contribution in [2.45, 2.75) is 0 Å². The van der Waals surface area contributed by atoms with Crippen LogP contribution in [0.3, 0.4) is 0 Å². The van der Waals surface area contributed by atoms with Crippen molar-refractivity contribution in [1.29, 1.82) is 0 Å². The normalized spacial score (nSPS) is 12.0. The van der Waals surface area contributed by atoms with E-state index in [2.05, 4.69) is 155 Å². The molecule has 4 heteroatoms. The predicted molar refractivity (Wildman–Crippen MR) is 209 cm³/mol. The van der Waals surface area contributed by atoms with Crippen LogP contribution in [0.4, 0.5) is 0 Å². The molecular weight excluding hydrogens is 609 g/mol. The molecule has 0 bridgehead atoms. The Morgan fingerprint density at radius 1 is 0.340 bits per heavy atom. The second-order valence-electron chi connectivity index (χ2n) is 13.0. The van der Waals surface area contributed by atoms with E-state index in [0.29, 0.717) is 0 Å². The lowest BCUT2D eigenvalue weighted by molar-refractivity contribution is 1.08. The molecule has 0 unspecified atom stereocenters. The number of benzene rings is 8. The van der Waals surface area contributed by atoms with Crippen LogP contribution >= 0.6 is 0 Å². The summed E-state index contributed by atoms with van der Waals surface area (Å²) in [7, 11) is 0. The molecule has 3 heterocycles. The van der Waals surface area contributed by atoms with Gasteiger partial charge in [0.05, 0.1) is 38.8 Å². The van der Waals surface area contributed by atoms with Gasteiger partial charge in [-0.2, -0.15) is 0 Å². The summed E-state index contributed by atoms with van der Waals surface area (Å²) in [5.41, 5.74) is 9.32. The van der Waals surface area contributed by atoms with Crippen molar-refractivity contribution in [3.8, 4) is 22.8 Å². The van der Waals surface area contributed by atoms with E-state index in [9.17, 15) is 0 Å². The maximum Gasteiger partial charge on any atom is 0.165 e. The summed E-state index contributed by atoms with van der Waals surface area (Å²) >= 11 is 0. The molecule has 0 radical (unpaired) electrons. The Labute approximate surface area is 287 Å². The molecule has 0 N–H and O–H groups in total. The van der Waals surface area contributed by atoms with Crippen molar-refractivity contribution in [2.24, 2.45) is 0 Å². The summed E-state index contributed by atoms with van der Waals surface area (Å²) in [6.45, 7) is 0. The van der Waals surface area contributed by atoms with Gasteiger partial charge in [0.25, 0.3) is 0 Å². The van der Waals surface area contributed by atoms with Gasteiger partial charge in [-0.05, 0) is 64.7 Å². The molecule has 0 saturated carbocycles. The van der Waals surface area contributed by atoms with Crippen molar-refractivity contribution in [3.05, 3.63) is 170 Å². The van der Waals surface area contributed by atoms with Crippen LogP contribution in [0.15, 0.2) is 170 Å². The molecule has 50 heavy (non-hydrogen) atoms. The summed E-state index contributed by atoms with van der Waals surface area (Å²) in [6, 6.07) is 60.7. The van der Waals surface area contributed by atoms with Gasteiger partial charge >= 0.3 is 0 Å². The Bertz CT molecular complexity index is 3140. The SMILES string of the molecule is c1ccc(-c2nc3ccccc3nc2-n2c3cc4ccccc4cc3c3cc4c5ccccc5n(-c5cccc6ccccc56)c4cc32)cc1. The van der Waals surface area contributed by atoms with Gasteiger partial charge in [0, 0.05) is 32.5 Å². The fourth-order valence-electron chi connectivity index (χ4n) is 7.99. The first-order chi connectivity index (χ1) is 24.8. The summed E-state index contributed by atoms with van der Waals surface area (Å²) in [6.07, 6.45) is 0. The van der Waals surface area contributed by atoms with Crippen LogP contribution in [0, 0.1) is 0 Å². The van der Waals surface area contributed by atoms with Crippen LogP contribution in [-0.2, 0) is 0 Å². The standard InChI is InChI=1S/C46H28N4/c1-2-14-30(15-3-1)45-46(48-39-22-10-9-21-38(39)47-45)50-42-26-32-17-5-4-16-31(32)25-35(42)37-27-36-34-20-8-11-23-41(34)49(43(36)28-44(37)50)40-24-12-18-29-13-6-7-19-33(29)40/h1-28H. The van der Waals surface area contributed by atoms with E-state index in [-0.39, 0.29) is 0 Å². The molecule has 3 aromatic heterocycles. The molecule has 0 spiro atoms. The zero-order valence-corrected chi connectivity index (χ0v) is 27.0. The number of hydrogen-bond donors (Lipinski definition) is 0. The van der Waals surface area contributed by atoms with Gasteiger partial charge in [0.15, 0.2) is 5.82 Å². The smallest absolute Gasteiger partial charge is 0.165 e. The van der Waals surface area contributed by atoms with Gasteiger partial charge in [-0.25, -0.2) is 9.97 Å². The van der Waals surface area contributed by atoms with E-state index < -0.39 is 0 Å². The zero-order valence-electron chi connectivity index (χ0n) is 27.0. The lowest BCUT2D eigenvalue weighted by Crippen LogP contribution is -2.04. The fourth-order valence-corrected chi connectivity index (χ4v) is 7.99. The Morgan fingerprint density at radius 3 is 1.76 bits per heavy atom. The van der Waals surface area contributed by atoms with Crippen LogP contribution in [0.25, 0.3) is 99.0 Å². The average Bonchev–Trinajstić information content (AvgIpc) is 3.66. The van der Waals surface area contributed by atoms with E-state index in [4.69, 9.17) is 9.97 Å². The van der Waals surface area contributed by atoms with Crippen LogP contribution in [0.5, 0.6) is 0 Å². The predicted octanol–water partition coefficient (Wildman–Crippen LogP) is 11.8. The third-order valence-corrected chi connectivity index (χ3v) is 10.2. The highest BCUT2D eigenvalue weighted by Crippen LogP contribution is 2.42. The second-order valence-corrected chi connectivity index (χ2v) is 13.0. The topological polar surface area (TPSA) is 35.6 Å². The summed E-state index contributed by atoms with van der Waals surface area (Å²) in [4.78, 5) is 10.7. The molecule has 8 aromatic carbocycles. The Kier molecular flexibility index (Phi) is 5.63. The number of nitrogens with zero attached hydrogens (tertiary/aromatic N) is 4. The second kappa shape index (κ2) is 10.4. The quantitative estimate of drug-likeness (QED) is 0.193. The van der Waals surface area contributed by atoms with E-state index >= 15 is 0 Å². The Balaban J connectivity index is 1.35. The molecule has 0 aliphatic heterocycles. The van der Waals surface area contributed by atoms with Crippen molar-refractivity contribution in [3.63, 3.8) is 0 Å². The highest BCUT2D eigenvalue weighted by molar-refractivity contribution is 6.21. The number of para-hydroxylation sites is 3. The van der Waals surface area contributed by atoms with Crippen LogP contribution in [0.1, 0.15) is 0 Å². The molecule has 0 fully saturated rings. The lowest BCUT2D eigenvalue weighted by Gasteiger charge is -2.14. The van der Waals surface area contributed by atoms with Gasteiger partial charge < -0.3 is 4.57 Å². The van der Waals surface area contributed by atoms with Gasteiger partial charge in [-0.15, -0.1) is 0 Å². The zero-order chi connectivity index (χ0) is 32.8. The molecule has 232 valence electrons. The minimum absolute atomic E-state index is 0.817. The van der Waals surface area contributed by atoms with Crippen molar-refractivity contribution in [1.82, 2.24) is 19.1 Å². The molecule has 11 rings (SSSR count). The lowest BCUT2D eigenvalue weighted by atomic mass is 10.0. The summed E-state index contributed by atoms with van der Waals surface area (Å²) in [5, 5.41) is 9.67. The Morgan fingerprint density at radius 2 is 0.920 bits per heavy atom. The number of rotatable bonds is 3. The van der Waals surface area contributed by atoms with Crippen molar-refractivity contribution < 1.29 is 0 Å². The van der Waals surface area contributed by atoms with Gasteiger partial charge in [-0.1, -0.05) is 121 Å². The third-order valence-electron chi connectivity index (χ3n) is 10.2. The van der Waals surface area contributed by atoms with Crippen LogP contribution in [-0.4, -0.2) is 19.1 Å². The van der Waals surface area contributed by atoms with Crippen molar-refractivity contribution >= 4 is 76.2 Å². The molecule has 0 amide bonds. The first-order valence-electron chi connectivity index (χ1n) is 17.0. The van der Waals surface area contributed by atoms with E-state index in [0.717, 1.165) is 50.3 Å². The first kappa shape index (κ1) is 27.2. The molecule has 0 aliphatic carbocycles. The first-order valence-corrected chi connectivity index (χ1v) is 17.0. The minimum atomic E-state index is 0.817. The maximum absolute atomic E-state index is 5.41.